The average Bonchev–Trinajstić information content (AvgIpc) is 1.77. The van der Waals surface area contributed by atoms with Crippen molar-refractivity contribution >= 4 is 6.03 Å². The lowest BCUT2D eigenvalue weighted by Crippen LogP contribution is -2.43. The van der Waals surface area contributed by atoms with Gasteiger partial charge in [-0.15, -0.1) is 0 Å². The molecule has 1 heterocycles. The van der Waals surface area contributed by atoms with Crippen molar-refractivity contribution in [2.24, 2.45) is 0 Å². The summed E-state index contributed by atoms with van der Waals surface area (Å²) in [6.45, 7) is 1.73. The lowest BCUT2D eigenvalue weighted by Gasteiger charge is -2.22. The molecular weight excluding hydrogens is 116 g/mol. The first-order chi connectivity index (χ1) is 3.80. The Morgan fingerprint density at radius 2 is 2.33 bits per heavy atom. The van der Waals surface area contributed by atoms with E-state index in [4.69, 9.17) is 0 Å². The molecule has 0 aliphatic carbocycles. The molecule has 1 aliphatic rings. The highest BCUT2D eigenvalue weighted by molar-refractivity contribution is 5.74. The first kappa shape index (κ1) is 8.27. The summed E-state index contributed by atoms with van der Waals surface area (Å²) in [5.74, 6) is 0. The van der Waals surface area contributed by atoms with E-state index in [-0.39, 0.29) is 13.5 Å². The van der Waals surface area contributed by atoms with Crippen LogP contribution in [-0.2, 0) is 0 Å². The predicted octanol–water partition coefficient (Wildman–Crippen LogP) is 0.668. The molecule has 54 valence electrons. The largest absolute Gasteiger partial charge is 0.338 e. The van der Waals surface area contributed by atoms with E-state index >= 15 is 0 Å². The molecule has 0 unspecified atom stereocenters. The molecule has 3 heteroatoms. The highest BCUT2D eigenvalue weighted by Crippen LogP contribution is 1.92. The molecule has 0 radical (unpaired) electrons. The molecule has 0 aromatic heterocycles. The maximum absolute atomic E-state index is 10.6. The number of carbonyl (C=O) groups excluding carboxylic acids is 1. The quantitative estimate of drug-likeness (QED) is 0.513. The van der Waals surface area contributed by atoms with Crippen LogP contribution in [0.4, 0.5) is 4.79 Å². The van der Waals surface area contributed by atoms with Gasteiger partial charge >= 0.3 is 6.03 Å². The van der Waals surface area contributed by atoms with Crippen LogP contribution in [0.2, 0.25) is 0 Å². The highest BCUT2D eigenvalue weighted by atomic mass is 16.2. The van der Waals surface area contributed by atoms with E-state index in [1.54, 1.807) is 11.9 Å². The zero-order chi connectivity index (χ0) is 5.98. The Labute approximate surface area is 56.0 Å². The van der Waals surface area contributed by atoms with E-state index in [0.29, 0.717) is 0 Å². The summed E-state index contributed by atoms with van der Waals surface area (Å²) in [5, 5.41) is 2.72. The Morgan fingerprint density at radius 3 is 2.67 bits per heavy atom. The number of hydrogen-bond acceptors (Lipinski definition) is 1. The van der Waals surface area contributed by atoms with Crippen molar-refractivity contribution in [3.8, 4) is 0 Å². The van der Waals surface area contributed by atoms with Crippen LogP contribution in [0.25, 0.3) is 0 Å². The van der Waals surface area contributed by atoms with Crippen LogP contribution in [-0.4, -0.2) is 31.1 Å². The van der Waals surface area contributed by atoms with Gasteiger partial charge < -0.3 is 10.2 Å². The van der Waals surface area contributed by atoms with Crippen LogP contribution in [0, 0.1) is 0 Å². The SMILES string of the molecule is C.CN1CCCNC1=O. The number of hydrogen-bond donors (Lipinski definition) is 1. The second-order valence-electron chi connectivity index (χ2n) is 2.01. The molecule has 0 saturated carbocycles. The van der Waals surface area contributed by atoms with Gasteiger partial charge in [0.05, 0.1) is 0 Å². The molecule has 0 aromatic rings. The second-order valence-corrected chi connectivity index (χ2v) is 2.01. The van der Waals surface area contributed by atoms with E-state index < -0.39 is 0 Å². The summed E-state index contributed by atoms with van der Waals surface area (Å²) in [6.07, 6.45) is 1.07. The zero-order valence-electron chi connectivity index (χ0n) is 4.98. The topological polar surface area (TPSA) is 32.3 Å². The number of carbonyl (C=O) groups is 1. The minimum atomic E-state index is 0. The van der Waals surface area contributed by atoms with Crippen LogP contribution in [0.3, 0.4) is 0 Å². The third-order valence-corrected chi connectivity index (χ3v) is 1.29. The Bertz CT molecular complexity index is 103. The van der Waals surface area contributed by atoms with Crippen LogP contribution in [0.1, 0.15) is 13.8 Å². The Hall–Kier alpha value is -0.730. The van der Waals surface area contributed by atoms with E-state index in [1.165, 1.54) is 0 Å². The lowest BCUT2D eigenvalue weighted by molar-refractivity contribution is 0.199. The molecule has 0 bridgehead atoms. The predicted molar refractivity (Wildman–Crippen MR) is 37.4 cm³/mol. The molecule has 1 saturated heterocycles. The summed E-state index contributed by atoms with van der Waals surface area (Å²) in [6, 6.07) is 0.0521. The van der Waals surface area contributed by atoms with Crippen molar-refractivity contribution < 1.29 is 4.79 Å². The number of nitrogens with zero attached hydrogens (tertiary/aromatic N) is 1. The first-order valence-corrected chi connectivity index (χ1v) is 2.79. The fraction of sp³-hybridized carbons (Fsp3) is 0.833. The van der Waals surface area contributed by atoms with Gasteiger partial charge in [-0.1, -0.05) is 7.43 Å². The van der Waals surface area contributed by atoms with Crippen molar-refractivity contribution in [3.63, 3.8) is 0 Å². The molecule has 1 N–H and O–H groups in total. The molecule has 0 atom stereocenters. The van der Waals surface area contributed by atoms with Crippen molar-refractivity contribution in [2.75, 3.05) is 20.1 Å². The van der Waals surface area contributed by atoms with Gasteiger partial charge in [0.1, 0.15) is 0 Å². The van der Waals surface area contributed by atoms with Crippen LogP contribution < -0.4 is 5.32 Å². The smallest absolute Gasteiger partial charge is 0.317 e. The first-order valence-electron chi connectivity index (χ1n) is 2.79. The number of amides is 2. The number of urea groups is 1. The van der Waals surface area contributed by atoms with Crippen molar-refractivity contribution in [3.05, 3.63) is 0 Å². The van der Waals surface area contributed by atoms with Crippen molar-refractivity contribution in [1.82, 2.24) is 10.2 Å². The van der Waals surface area contributed by atoms with Gasteiger partial charge in [0.15, 0.2) is 0 Å². The third-order valence-electron chi connectivity index (χ3n) is 1.29. The van der Waals surface area contributed by atoms with Gasteiger partial charge in [0.2, 0.25) is 0 Å². The Balaban J connectivity index is 0.000000640. The van der Waals surface area contributed by atoms with Crippen molar-refractivity contribution in [2.45, 2.75) is 13.8 Å². The molecule has 0 spiro atoms. The normalized spacial score (nSPS) is 18.3. The second kappa shape index (κ2) is 3.33. The lowest BCUT2D eigenvalue weighted by atomic mass is 10.3. The van der Waals surface area contributed by atoms with Gasteiger partial charge in [-0.3, -0.25) is 0 Å². The molecule has 3 nitrogen and oxygen atoms in total. The summed E-state index contributed by atoms with van der Waals surface area (Å²) in [4.78, 5) is 12.3. The van der Waals surface area contributed by atoms with E-state index in [1.807, 2.05) is 0 Å². The molecule has 1 aliphatic heterocycles. The van der Waals surface area contributed by atoms with Crippen LogP contribution in [0.5, 0.6) is 0 Å². The highest BCUT2D eigenvalue weighted by Gasteiger charge is 2.10. The summed E-state index contributed by atoms with van der Waals surface area (Å²) >= 11 is 0. The third kappa shape index (κ3) is 1.91. The van der Waals surface area contributed by atoms with E-state index in [2.05, 4.69) is 5.32 Å². The minimum Gasteiger partial charge on any atom is -0.338 e. The maximum atomic E-state index is 10.6. The fourth-order valence-corrected chi connectivity index (χ4v) is 0.748. The average molecular weight is 130 g/mol. The van der Waals surface area contributed by atoms with Gasteiger partial charge in [0.25, 0.3) is 0 Å². The monoisotopic (exact) mass is 130 g/mol. The van der Waals surface area contributed by atoms with Gasteiger partial charge in [0, 0.05) is 20.1 Å². The molecular formula is C6H14N2O. The number of rotatable bonds is 0. The van der Waals surface area contributed by atoms with Crippen LogP contribution in [0.15, 0.2) is 0 Å². The summed E-state index contributed by atoms with van der Waals surface area (Å²) < 4.78 is 0. The fourth-order valence-electron chi connectivity index (χ4n) is 0.748. The zero-order valence-corrected chi connectivity index (χ0v) is 4.98. The Morgan fingerprint density at radius 1 is 1.67 bits per heavy atom. The summed E-state index contributed by atoms with van der Waals surface area (Å²) in [7, 11) is 1.80. The van der Waals surface area contributed by atoms with Gasteiger partial charge in [-0.05, 0) is 6.42 Å². The molecule has 9 heavy (non-hydrogen) atoms. The van der Waals surface area contributed by atoms with Crippen LogP contribution >= 0.6 is 0 Å². The summed E-state index contributed by atoms with van der Waals surface area (Å²) in [5.41, 5.74) is 0. The Kier molecular flexibility index (Phi) is 3.06. The molecule has 1 rings (SSSR count). The van der Waals surface area contributed by atoms with E-state index in [0.717, 1.165) is 19.5 Å². The minimum absolute atomic E-state index is 0. The van der Waals surface area contributed by atoms with Gasteiger partial charge in [-0.25, -0.2) is 4.79 Å². The van der Waals surface area contributed by atoms with Crippen molar-refractivity contribution in [1.29, 1.82) is 0 Å². The number of nitrogens with one attached hydrogen (secondary N) is 1. The van der Waals surface area contributed by atoms with Gasteiger partial charge in [-0.2, -0.15) is 0 Å². The standard InChI is InChI=1S/C5H10N2O.CH4/c1-7-4-2-3-6-5(7)8;/h2-4H2,1H3,(H,6,8);1H4. The maximum Gasteiger partial charge on any atom is 0.317 e. The molecule has 0 aromatic carbocycles. The molecule has 1 fully saturated rings. The van der Waals surface area contributed by atoms with E-state index in [9.17, 15) is 4.79 Å². The molecule has 2 amide bonds.